The fourth-order valence-corrected chi connectivity index (χ4v) is 4.92. The van der Waals surface area contributed by atoms with E-state index in [1.165, 1.54) is 0 Å². The predicted octanol–water partition coefficient (Wildman–Crippen LogP) is 4.30. The van der Waals surface area contributed by atoms with Gasteiger partial charge < -0.3 is 25.2 Å². The number of allylic oxidation sites excluding steroid dienone is 2. The third kappa shape index (κ3) is 11.1. The molecule has 226 valence electrons. The van der Waals surface area contributed by atoms with E-state index in [4.69, 9.17) is 9.47 Å². The number of ether oxygens (including phenoxy) is 2. The average Bonchev–Trinajstić information content (AvgIpc) is 3.02. The molecule has 43 heavy (non-hydrogen) atoms. The first-order chi connectivity index (χ1) is 21.0. The maximum Gasteiger partial charge on any atom is 0.306 e. The molecule has 3 aromatic rings. The Hall–Kier alpha value is -4.43. The first kappa shape index (κ1) is 31.5. The second-order valence-corrected chi connectivity index (χ2v) is 10.8. The Balaban J connectivity index is 1.33. The fourth-order valence-electron chi connectivity index (χ4n) is 4.92. The molecule has 0 saturated carbocycles. The summed E-state index contributed by atoms with van der Waals surface area (Å²) in [6.45, 7) is 0.293. The van der Waals surface area contributed by atoms with E-state index < -0.39 is 18.0 Å². The van der Waals surface area contributed by atoms with E-state index in [9.17, 15) is 19.5 Å². The predicted molar refractivity (Wildman–Crippen MR) is 164 cm³/mol. The molecule has 0 aromatic heterocycles. The molecule has 0 spiro atoms. The highest BCUT2D eigenvalue weighted by Crippen LogP contribution is 2.17. The minimum Gasteiger partial charge on any atom is -0.489 e. The van der Waals surface area contributed by atoms with E-state index in [1.54, 1.807) is 0 Å². The van der Waals surface area contributed by atoms with Crippen molar-refractivity contribution in [3.63, 3.8) is 0 Å². The Labute approximate surface area is 253 Å². The molecular formula is C35H40N2O6. The molecule has 8 nitrogen and oxygen atoms in total. The quantitative estimate of drug-likeness (QED) is 0.229. The van der Waals surface area contributed by atoms with Crippen LogP contribution in [0.5, 0.6) is 5.75 Å². The highest BCUT2D eigenvalue weighted by atomic mass is 16.5. The van der Waals surface area contributed by atoms with Crippen molar-refractivity contribution in [1.29, 1.82) is 0 Å². The van der Waals surface area contributed by atoms with E-state index in [2.05, 4.69) is 10.6 Å². The molecule has 0 radical (unpaired) electrons. The van der Waals surface area contributed by atoms with Crippen molar-refractivity contribution in [2.75, 3.05) is 13.2 Å². The lowest BCUT2D eigenvalue weighted by Crippen LogP contribution is -2.45. The number of hydrogen-bond acceptors (Lipinski definition) is 6. The Bertz CT molecular complexity index is 1330. The summed E-state index contributed by atoms with van der Waals surface area (Å²) in [6.07, 6.45) is 5.70. The van der Waals surface area contributed by atoms with Gasteiger partial charge in [0.15, 0.2) is 0 Å². The molecule has 4 rings (SSSR count). The molecule has 0 fully saturated rings. The molecule has 3 aromatic carbocycles. The Kier molecular flexibility index (Phi) is 12.4. The number of amides is 2. The van der Waals surface area contributed by atoms with Gasteiger partial charge >= 0.3 is 5.97 Å². The van der Waals surface area contributed by atoms with Crippen molar-refractivity contribution in [3.8, 4) is 5.75 Å². The SMILES string of the molecule is O=C(CC1CC=CCCC(=O)OCC(Cc2ccccc2)NC1=O)NC(CO)Cc1ccc(OCc2ccccc2)cc1. The van der Waals surface area contributed by atoms with Gasteiger partial charge in [0, 0.05) is 12.8 Å². The van der Waals surface area contributed by atoms with Crippen LogP contribution in [0.25, 0.3) is 0 Å². The van der Waals surface area contributed by atoms with Crippen LogP contribution in [0.15, 0.2) is 97.1 Å². The second-order valence-electron chi connectivity index (χ2n) is 10.8. The van der Waals surface area contributed by atoms with Gasteiger partial charge in [0.05, 0.1) is 24.6 Å². The number of benzene rings is 3. The number of rotatable bonds is 11. The minimum absolute atomic E-state index is 0.0310. The molecule has 0 bridgehead atoms. The van der Waals surface area contributed by atoms with E-state index in [1.807, 2.05) is 97.1 Å². The van der Waals surface area contributed by atoms with Gasteiger partial charge in [-0.3, -0.25) is 14.4 Å². The average molecular weight is 585 g/mol. The highest BCUT2D eigenvalue weighted by molar-refractivity contribution is 5.86. The highest BCUT2D eigenvalue weighted by Gasteiger charge is 2.26. The van der Waals surface area contributed by atoms with Crippen LogP contribution in [-0.4, -0.2) is 48.2 Å². The number of nitrogens with one attached hydrogen (secondary N) is 2. The number of aliphatic hydroxyl groups is 1. The van der Waals surface area contributed by atoms with Crippen LogP contribution in [0, 0.1) is 5.92 Å². The monoisotopic (exact) mass is 584 g/mol. The lowest BCUT2D eigenvalue weighted by Gasteiger charge is -2.24. The first-order valence-corrected chi connectivity index (χ1v) is 14.8. The zero-order chi connectivity index (χ0) is 30.3. The van der Waals surface area contributed by atoms with Crippen molar-refractivity contribution < 1.29 is 29.0 Å². The van der Waals surface area contributed by atoms with Crippen LogP contribution in [0.1, 0.15) is 42.4 Å². The molecule has 0 saturated heterocycles. The van der Waals surface area contributed by atoms with Crippen molar-refractivity contribution in [1.82, 2.24) is 10.6 Å². The minimum atomic E-state index is -0.606. The van der Waals surface area contributed by atoms with Crippen LogP contribution in [0.2, 0.25) is 0 Å². The zero-order valence-electron chi connectivity index (χ0n) is 24.3. The van der Waals surface area contributed by atoms with E-state index in [0.717, 1.165) is 22.4 Å². The van der Waals surface area contributed by atoms with E-state index >= 15 is 0 Å². The summed E-state index contributed by atoms with van der Waals surface area (Å²) in [7, 11) is 0. The van der Waals surface area contributed by atoms with Crippen LogP contribution in [-0.2, 0) is 38.6 Å². The van der Waals surface area contributed by atoms with Gasteiger partial charge in [0.2, 0.25) is 11.8 Å². The molecular weight excluding hydrogens is 544 g/mol. The Morgan fingerprint density at radius 3 is 2.33 bits per heavy atom. The van der Waals surface area contributed by atoms with Crippen LogP contribution in [0.4, 0.5) is 0 Å². The third-order valence-corrected chi connectivity index (χ3v) is 7.26. The number of esters is 1. The standard InChI is InChI=1S/C35H40N2O6/c38-23-30(20-27-16-18-32(19-17-27)42-24-28-12-6-2-7-13-28)36-33(39)22-29-14-8-3-9-15-34(40)43-25-31(37-35(29)41)21-26-10-4-1-5-11-26/h1-8,10-13,16-19,29-31,38H,9,14-15,20-25H2,(H,36,39)(H,37,41). The summed E-state index contributed by atoms with van der Waals surface area (Å²) in [4.78, 5) is 38.5. The van der Waals surface area contributed by atoms with Crippen molar-refractivity contribution in [2.24, 2.45) is 5.92 Å². The third-order valence-electron chi connectivity index (χ3n) is 7.26. The number of cyclic esters (lactones) is 1. The lowest BCUT2D eigenvalue weighted by molar-refractivity contribution is -0.145. The number of carbonyl (C=O) groups excluding carboxylic acids is 3. The fraction of sp³-hybridized carbons (Fsp3) is 0.343. The lowest BCUT2D eigenvalue weighted by atomic mass is 9.97. The summed E-state index contributed by atoms with van der Waals surface area (Å²) in [6, 6.07) is 26.2. The molecule has 1 aliphatic rings. The van der Waals surface area contributed by atoms with E-state index in [-0.39, 0.29) is 43.8 Å². The number of aliphatic hydroxyl groups excluding tert-OH is 1. The summed E-state index contributed by atoms with van der Waals surface area (Å²) in [5.41, 5.74) is 3.03. The second kappa shape index (κ2) is 16.9. The van der Waals surface area contributed by atoms with Crippen LogP contribution in [0.3, 0.4) is 0 Å². The van der Waals surface area contributed by atoms with Gasteiger partial charge in [-0.2, -0.15) is 0 Å². The molecule has 8 heteroatoms. The Morgan fingerprint density at radius 1 is 0.930 bits per heavy atom. The van der Waals surface area contributed by atoms with Gasteiger partial charge in [0.1, 0.15) is 19.0 Å². The van der Waals surface area contributed by atoms with Gasteiger partial charge in [-0.1, -0.05) is 84.9 Å². The summed E-state index contributed by atoms with van der Waals surface area (Å²) in [5, 5.41) is 15.9. The van der Waals surface area contributed by atoms with Gasteiger partial charge in [0.25, 0.3) is 0 Å². The van der Waals surface area contributed by atoms with E-state index in [0.29, 0.717) is 32.3 Å². The summed E-state index contributed by atoms with van der Waals surface area (Å²) in [5.74, 6) is -0.764. The molecule has 1 heterocycles. The normalized spacial score (nSPS) is 18.3. The number of carbonyl (C=O) groups is 3. The van der Waals surface area contributed by atoms with Crippen LogP contribution >= 0.6 is 0 Å². The molecule has 3 N–H and O–H groups in total. The van der Waals surface area contributed by atoms with Crippen molar-refractivity contribution >= 4 is 17.8 Å². The summed E-state index contributed by atoms with van der Waals surface area (Å²) < 4.78 is 11.3. The summed E-state index contributed by atoms with van der Waals surface area (Å²) >= 11 is 0. The van der Waals surface area contributed by atoms with Crippen LogP contribution < -0.4 is 15.4 Å². The van der Waals surface area contributed by atoms with Gasteiger partial charge in [-0.05, 0) is 54.5 Å². The molecule has 3 unspecified atom stereocenters. The smallest absolute Gasteiger partial charge is 0.306 e. The first-order valence-electron chi connectivity index (χ1n) is 14.8. The zero-order valence-corrected chi connectivity index (χ0v) is 24.3. The molecule has 0 aliphatic carbocycles. The molecule has 3 atom stereocenters. The van der Waals surface area contributed by atoms with Gasteiger partial charge in [-0.25, -0.2) is 0 Å². The van der Waals surface area contributed by atoms with Crippen molar-refractivity contribution in [3.05, 3.63) is 114 Å². The molecule has 2 amide bonds. The number of hydrogen-bond donors (Lipinski definition) is 3. The molecule has 1 aliphatic heterocycles. The maximum atomic E-state index is 13.3. The van der Waals surface area contributed by atoms with Gasteiger partial charge in [-0.15, -0.1) is 0 Å². The van der Waals surface area contributed by atoms with Crippen molar-refractivity contribution in [2.45, 2.75) is 57.2 Å². The Morgan fingerprint density at radius 2 is 1.63 bits per heavy atom. The maximum absolute atomic E-state index is 13.3. The topological polar surface area (TPSA) is 114 Å². The largest absolute Gasteiger partial charge is 0.489 e.